The first kappa shape index (κ1) is 20.3. The third-order valence-corrected chi connectivity index (χ3v) is 4.12. The Morgan fingerprint density at radius 2 is 1.62 bits per heavy atom. The van der Waals surface area contributed by atoms with Crippen LogP contribution in [0.25, 0.3) is 0 Å². The van der Waals surface area contributed by atoms with Crippen LogP contribution in [0.15, 0.2) is 65.7 Å². The summed E-state index contributed by atoms with van der Waals surface area (Å²) in [5.41, 5.74) is 2.10. The maximum absolute atomic E-state index is 9.43. The average Bonchev–Trinajstić information content (AvgIpc) is 2.91. The third-order valence-electron chi connectivity index (χ3n) is 4.12. The molecule has 1 fully saturated rings. The van der Waals surface area contributed by atoms with Gasteiger partial charge in [0.05, 0.1) is 39.0 Å². The van der Waals surface area contributed by atoms with Crippen molar-refractivity contribution < 1.29 is 14.3 Å². The van der Waals surface area contributed by atoms with Crippen molar-refractivity contribution in [1.29, 1.82) is 0 Å². The first-order chi connectivity index (χ1) is 12.3. The van der Waals surface area contributed by atoms with Gasteiger partial charge in [0, 0.05) is 12.6 Å². The number of aliphatic imine (C=N–C) groups is 1. The van der Waals surface area contributed by atoms with Gasteiger partial charge in [0.1, 0.15) is 12.6 Å². The summed E-state index contributed by atoms with van der Waals surface area (Å²) < 4.78 is 6.48. The van der Waals surface area contributed by atoms with Crippen molar-refractivity contribution in [2.45, 2.75) is 31.7 Å². The zero-order valence-electron chi connectivity index (χ0n) is 16.2. The van der Waals surface area contributed by atoms with Gasteiger partial charge in [-0.3, -0.25) is 4.99 Å². The van der Waals surface area contributed by atoms with Gasteiger partial charge in [-0.25, -0.2) is 0 Å². The summed E-state index contributed by atoms with van der Waals surface area (Å²) in [6, 6.07) is 20.0. The van der Waals surface area contributed by atoms with Crippen LogP contribution < -0.4 is 0 Å². The van der Waals surface area contributed by atoms with E-state index >= 15 is 0 Å². The first-order valence-electron chi connectivity index (χ1n) is 9.11. The fourth-order valence-corrected chi connectivity index (χ4v) is 2.84. The fourth-order valence-electron chi connectivity index (χ4n) is 2.84. The minimum atomic E-state index is -0.262. The van der Waals surface area contributed by atoms with E-state index in [1.807, 2.05) is 73.8 Å². The number of nitrogens with zero attached hydrogens (tertiary/aromatic N) is 2. The molecular formula is C22H31N2O2+. The molecule has 1 heterocycles. The van der Waals surface area contributed by atoms with Gasteiger partial charge in [0.15, 0.2) is 0 Å². The van der Waals surface area contributed by atoms with Gasteiger partial charge in [-0.05, 0) is 24.6 Å². The molecule has 0 unspecified atom stereocenters. The zero-order valence-corrected chi connectivity index (χ0v) is 16.2. The molecule has 0 amide bonds. The molecule has 2 aromatic rings. The van der Waals surface area contributed by atoms with E-state index in [-0.39, 0.29) is 18.3 Å². The molecule has 3 rings (SSSR count). The Morgan fingerprint density at radius 1 is 1.04 bits per heavy atom. The van der Waals surface area contributed by atoms with E-state index in [9.17, 15) is 5.11 Å². The first-order valence-corrected chi connectivity index (χ1v) is 9.11. The summed E-state index contributed by atoms with van der Waals surface area (Å²) >= 11 is 0. The number of likely N-dealkylation sites (N-methyl/N-ethyl adjacent to an activating group) is 1. The van der Waals surface area contributed by atoms with Crippen molar-refractivity contribution in [3.63, 3.8) is 0 Å². The number of aliphatic hydroxyl groups is 1. The molecule has 1 aliphatic rings. The molecule has 4 heteroatoms. The highest BCUT2D eigenvalue weighted by atomic mass is 16.5. The predicted molar refractivity (Wildman–Crippen MR) is 108 cm³/mol. The fraction of sp³-hybridized carbons (Fsp3) is 0.409. The maximum atomic E-state index is 9.43. The Hall–Kier alpha value is -2.01. The van der Waals surface area contributed by atoms with Gasteiger partial charge in [-0.15, -0.1) is 0 Å². The van der Waals surface area contributed by atoms with Crippen LogP contribution in [-0.2, 0) is 4.74 Å². The van der Waals surface area contributed by atoms with Crippen molar-refractivity contribution in [2.24, 2.45) is 4.99 Å². The molecule has 1 N–H and O–H groups in total. The summed E-state index contributed by atoms with van der Waals surface area (Å²) in [7, 11) is 6.41. The monoisotopic (exact) mass is 355 g/mol. The molecule has 140 valence electrons. The molecule has 0 spiro atoms. The van der Waals surface area contributed by atoms with E-state index in [4.69, 9.17) is 4.74 Å². The van der Waals surface area contributed by atoms with Crippen molar-refractivity contribution in [2.75, 3.05) is 27.7 Å². The zero-order chi connectivity index (χ0) is 19.0. The molecule has 1 aliphatic heterocycles. The molecule has 0 saturated carbocycles. The lowest BCUT2D eigenvalue weighted by atomic mass is 10.1. The highest BCUT2D eigenvalue weighted by Crippen LogP contribution is 2.21. The van der Waals surface area contributed by atoms with Crippen LogP contribution in [0.3, 0.4) is 0 Å². The van der Waals surface area contributed by atoms with E-state index in [1.165, 1.54) is 0 Å². The second kappa shape index (κ2) is 9.62. The number of aliphatic hydroxyl groups excluding tert-OH is 1. The SMILES string of the molecule is C(=Nc1ccccc1)c1ccccc1.C[C@@H]1O[C@H](C[N+](C)(C)C)C[C@H]1O. The second-order valence-electron chi connectivity index (χ2n) is 7.74. The van der Waals surface area contributed by atoms with Crippen molar-refractivity contribution in [3.05, 3.63) is 66.2 Å². The second-order valence-corrected chi connectivity index (χ2v) is 7.74. The van der Waals surface area contributed by atoms with Gasteiger partial charge in [0.25, 0.3) is 0 Å². The molecule has 0 aliphatic carbocycles. The average molecular weight is 356 g/mol. The lowest BCUT2D eigenvalue weighted by Gasteiger charge is -2.26. The highest BCUT2D eigenvalue weighted by molar-refractivity contribution is 5.81. The predicted octanol–water partition coefficient (Wildman–Crippen LogP) is 3.67. The van der Waals surface area contributed by atoms with E-state index in [2.05, 4.69) is 26.1 Å². The van der Waals surface area contributed by atoms with Gasteiger partial charge in [-0.1, -0.05) is 48.5 Å². The molecule has 0 aromatic heterocycles. The normalized spacial score (nSPS) is 22.9. The molecule has 0 radical (unpaired) electrons. The summed E-state index contributed by atoms with van der Waals surface area (Å²) in [5.74, 6) is 0. The topological polar surface area (TPSA) is 41.8 Å². The number of quaternary nitrogens is 1. The largest absolute Gasteiger partial charge is 0.390 e. The van der Waals surface area contributed by atoms with Crippen molar-refractivity contribution in [1.82, 2.24) is 0 Å². The van der Waals surface area contributed by atoms with Gasteiger partial charge < -0.3 is 14.3 Å². The Morgan fingerprint density at radius 3 is 2.12 bits per heavy atom. The molecule has 1 saturated heterocycles. The Bertz CT molecular complexity index is 614. The maximum Gasteiger partial charge on any atom is 0.109 e. The molecule has 0 bridgehead atoms. The number of para-hydroxylation sites is 1. The van der Waals surface area contributed by atoms with Crippen LogP contribution >= 0.6 is 0 Å². The van der Waals surface area contributed by atoms with Crippen LogP contribution in [0.2, 0.25) is 0 Å². The van der Waals surface area contributed by atoms with Crippen molar-refractivity contribution in [3.8, 4) is 0 Å². The number of hydrogen-bond acceptors (Lipinski definition) is 3. The van der Waals surface area contributed by atoms with E-state index in [1.54, 1.807) is 0 Å². The van der Waals surface area contributed by atoms with Crippen molar-refractivity contribution >= 4 is 11.9 Å². The summed E-state index contributed by atoms with van der Waals surface area (Å²) in [5, 5.41) is 9.43. The Balaban J connectivity index is 0.000000190. The lowest BCUT2D eigenvalue weighted by molar-refractivity contribution is -0.873. The van der Waals surface area contributed by atoms with Crippen LogP contribution in [0.1, 0.15) is 18.9 Å². The number of hydrogen-bond donors (Lipinski definition) is 1. The standard InChI is InChI=1S/C13H11N.C9H20NO2/c1-3-7-12(8-4-1)11-14-13-9-5-2-6-10-13;1-7-9(11)5-8(12-7)6-10(2,3)4/h1-11H;7-9,11H,5-6H2,1-4H3/q;+1/t;7-,8-,9+/m.0/s1. The van der Waals surface area contributed by atoms with Gasteiger partial charge in [-0.2, -0.15) is 0 Å². The van der Waals surface area contributed by atoms with E-state index < -0.39 is 0 Å². The van der Waals surface area contributed by atoms with Crippen LogP contribution in [0, 0.1) is 0 Å². The molecular weight excluding hydrogens is 324 g/mol. The van der Waals surface area contributed by atoms with Crippen LogP contribution in [-0.4, -0.2) is 61.8 Å². The molecule has 4 nitrogen and oxygen atoms in total. The van der Waals surface area contributed by atoms with E-state index in [0.29, 0.717) is 0 Å². The summed E-state index contributed by atoms with van der Waals surface area (Å²) in [4.78, 5) is 4.35. The van der Waals surface area contributed by atoms with Gasteiger partial charge in [0.2, 0.25) is 0 Å². The number of rotatable bonds is 4. The molecule has 3 atom stereocenters. The smallest absolute Gasteiger partial charge is 0.109 e. The van der Waals surface area contributed by atoms with E-state index in [0.717, 1.165) is 28.7 Å². The molecule has 26 heavy (non-hydrogen) atoms. The summed E-state index contributed by atoms with van der Waals surface area (Å²) in [6.07, 6.45) is 2.64. The van der Waals surface area contributed by atoms with Gasteiger partial charge >= 0.3 is 0 Å². The number of ether oxygens (including phenoxy) is 1. The Kier molecular flexibility index (Phi) is 7.51. The third kappa shape index (κ3) is 7.48. The minimum Gasteiger partial charge on any atom is -0.390 e. The lowest BCUT2D eigenvalue weighted by Crippen LogP contribution is -2.41. The van der Waals surface area contributed by atoms with Crippen LogP contribution in [0.5, 0.6) is 0 Å². The summed E-state index contributed by atoms with van der Waals surface area (Å²) in [6.45, 7) is 2.90. The highest BCUT2D eigenvalue weighted by Gasteiger charge is 2.33. The molecule has 2 aromatic carbocycles. The Labute approximate surface area is 157 Å². The minimum absolute atomic E-state index is 0.0153. The quantitative estimate of drug-likeness (QED) is 0.672. The number of benzene rings is 2. The van der Waals surface area contributed by atoms with Crippen LogP contribution in [0.4, 0.5) is 5.69 Å².